The second kappa shape index (κ2) is 12.9. The van der Waals surface area contributed by atoms with Crippen molar-refractivity contribution in [2.24, 2.45) is 9.98 Å². The maximum Gasteiger partial charge on any atom is 0.171 e. The second-order valence-electron chi connectivity index (χ2n) is 15.2. The van der Waals surface area contributed by atoms with Crippen LogP contribution < -0.4 is 10.2 Å². The summed E-state index contributed by atoms with van der Waals surface area (Å²) in [4.78, 5) is 13.0. The molecule has 4 heterocycles. The Morgan fingerprint density at radius 2 is 1.25 bits per heavy atom. The molecule has 12 rings (SSSR count). The number of anilines is 2. The van der Waals surface area contributed by atoms with Crippen molar-refractivity contribution in [2.45, 2.75) is 31.0 Å². The molecule has 272 valence electrons. The molecule has 3 aliphatic rings. The van der Waals surface area contributed by atoms with E-state index in [9.17, 15) is 0 Å². The highest BCUT2D eigenvalue weighted by molar-refractivity contribution is 7.26. The molecule has 1 N–H and O–H groups in total. The molecule has 0 bridgehead atoms. The smallest absolute Gasteiger partial charge is 0.171 e. The van der Waals surface area contributed by atoms with E-state index in [4.69, 9.17) is 14.4 Å². The van der Waals surface area contributed by atoms with Crippen molar-refractivity contribution in [2.75, 3.05) is 4.90 Å². The molecule has 0 saturated carbocycles. The summed E-state index contributed by atoms with van der Waals surface area (Å²) < 4.78 is 9.17. The lowest BCUT2D eigenvalue weighted by Gasteiger charge is -2.30. The molecule has 0 spiro atoms. The first-order chi connectivity index (χ1) is 28.2. The highest BCUT2D eigenvalue weighted by atomic mass is 32.1. The zero-order chi connectivity index (χ0) is 37.5. The number of para-hydroxylation sites is 1. The zero-order valence-electron chi connectivity index (χ0n) is 31.0. The van der Waals surface area contributed by atoms with E-state index < -0.39 is 6.17 Å². The van der Waals surface area contributed by atoms with Crippen molar-refractivity contribution in [1.82, 2.24) is 5.32 Å². The van der Waals surface area contributed by atoms with Crippen LogP contribution in [0, 0.1) is 0 Å². The fourth-order valence-electron chi connectivity index (χ4n) is 9.34. The van der Waals surface area contributed by atoms with Crippen LogP contribution in [0.2, 0.25) is 0 Å². The minimum atomic E-state index is -0.400. The largest absolute Gasteiger partial charge is 0.456 e. The summed E-state index contributed by atoms with van der Waals surface area (Å²) >= 11 is 1.83. The van der Waals surface area contributed by atoms with Crippen LogP contribution >= 0.6 is 11.3 Å². The number of allylic oxidation sites excluding steroid dienone is 1. The van der Waals surface area contributed by atoms with Crippen LogP contribution in [-0.2, 0) is 0 Å². The Balaban J connectivity index is 0.953. The van der Waals surface area contributed by atoms with Gasteiger partial charge in [0.05, 0.1) is 6.04 Å². The predicted octanol–water partition coefficient (Wildman–Crippen LogP) is 13.1. The maximum atomic E-state index is 6.72. The molecule has 6 heteroatoms. The molecular weight excluding hydrogens is 717 g/mol. The molecule has 2 aromatic heterocycles. The van der Waals surface area contributed by atoms with E-state index in [1.807, 2.05) is 47.7 Å². The average Bonchev–Trinajstić information content (AvgIpc) is 3.96. The van der Waals surface area contributed by atoms with Gasteiger partial charge in [0.25, 0.3) is 0 Å². The molecule has 0 saturated heterocycles. The first kappa shape index (κ1) is 32.5. The Kier molecular flexibility index (Phi) is 7.35. The molecule has 0 radical (unpaired) electrons. The van der Waals surface area contributed by atoms with Gasteiger partial charge >= 0.3 is 0 Å². The van der Waals surface area contributed by atoms with Crippen LogP contribution in [0.3, 0.4) is 0 Å². The number of fused-ring (bicyclic) bond motifs is 9. The zero-order valence-corrected chi connectivity index (χ0v) is 31.8. The average molecular weight is 753 g/mol. The number of hydrogen-bond acceptors (Lipinski definition) is 6. The van der Waals surface area contributed by atoms with Gasteiger partial charge in [0.15, 0.2) is 6.17 Å². The summed E-state index contributed by atoms with van der Waals surface area (Å²) in [5, 5.41) is 8.26. The Morgan fingerprint density at radius 1 is 0.579 bits per heavy atom. The number of rotatable bonds is 5. The number of nitrogens with one attached hydrogen (secondary N) is 1. The number of aliphatic imine (C=N–C) groups is 2. The van der Waals surface area contributed by atoms with Gasteiger partial charge < -0.3 is 14.6 Å². The minimum absolute atomic E-state index is 0.331. The molecule has 5 nitrogen and oxygen atoms in total. The number of benzene rings is 7. The minimum Gasteiger partial charge on any atom is -0.456 e. The molecule has 2 aliphatic heterocycles. The summed E-state index contributed by atoms with van der Waals surface area (Å²) in [7, 11) is 0. The molecule has 57 heavy (non-hydrogen) atoms. The molecule has 0 amide bonds. The lowest BCUT2D eigenvalue weighted by Crippen LogP contribution is -2.36. The van der Waals surface area contributed by atoms with Gasteiger partial charge in [-0.05, 0) is 59.9 Å². The van der Waals surface area contributed by atoms with E-state index in [2.05, 4.69) is 144 Å². The first-order valence-corrected chi connectivity index (χ1v) is 20.6. The third-order valence-electron chi connectivity index (χ3n) is 12.0. The van der Waals surface area contributed by atoms with Crippen LogP contribution in [0.5, 0.6) is 0 Å². The Hall–Kier alpha value is -6.76. The number of furan rings is 1. The summed E-state index contributed by atoms with van der Waals surface area (Å²) in [5.41, 5.74) is 11.2. The first-order valence-electron chi connectivity index (χ1n) is 19.7. The molecule has 2 unspecified atom stereocenters. The highest BCUT2D eigenvalue weighted by Gasteiger charge is 2.38. The van der Waals surface area contributed by atoms with Crippen molar-refractivity contribution in [3.8, 4) is 11.1 Å². The van der Waals surface area contributed by atoms with Crippen LogP contribution in [0.25, 0.3) is 53.2 Å². The van der Waals surface area contributed by atoms with Crippen molar-refractivity contribution < 1.29 is 4.42 Å². The topological polar surface area (TPSA) is 53.1 Å². The Labute approximate surface area is 333 Å². The van der Waals surface area contributed by atoms with Gasteiger partial charge in [-0.3, -0.25) is 0 Å². The van der Waals surface area contributed by atoms with Crippen molar-refractivity contribution >= 4 is 76.5 Å². The quantitative estimate of drug-likeness (QED) is 0.178. The Bertz CT molecular complexity index is 3080. The van der Waals surface area contributed by atoms with Crippen molar-refractivity contribution in [1.29, 1.82) is 0 Å². The summed E-state index contributed by atoms with van der Waals surface area (Å²) in [5.74, 6) is 2.16. The van der Waals surface area contributed by atoms with Gasteiger partial charge in [-0.1, -0.05) is 133 Å². The molecule has 9 aromatic rings. The predicted molar refractivity (Wildman–Crippen MR) is 237 cm³/mol. The third kappa shape index (κ3) is 5.21. The van der Waals surface area contributed by atoms with E-state index in [0.29, 0.717) is 12.0 Å². The van der Waals surface area contributed by atoms with E-state index in [0.717, 1.165) is 62.3 Å². The van der Waals surface area contributed by atoms with Gasteiger partial charge in [-0.2, -0.15) is 0 Å². The van der Waals surface area contributed by atoms with Crippen LogP contribution in [0.1, 0.15) is 47.2 Å². The number of hydrogen-bond donors (Lipinski definition) is 1. The Morgan fingerprint density at radius 3 is 2.04 bits per heavy atom. The number of amidine groups is 2. The molecule has 7 aromatic carbocycles. The maximum absolute atomic E-state index is 6.72. The van der Waals surface area contributed by atoms with E-state index >= 15 is 0 Å². The second-order valence-corrected chi connectivity index (χ2v) is 16.2. The van der Waals surface area contributed by atoms with Gasteiger partial charge in [-0.25, -0.2) is 9.98 Å². The van der Waals surface area contributed by atoms with Crippen LogP contribution in [0.4, 0.5) is 11.4 Å². The summed E-state index contributed by atoms with van der Waals surface area (Å²) in [6, 6.07) is 56.5. The van der Waals surface area contributed by atoms with Gasteiger partial charge in [0, 0.05) is 71.0 Å². The van der Waals surface area contributed by atoms with Gasteiger partial charge in [0.2, 0.25) is 0 Å². The lowest BCUT2D eigenvalue weighted by molar-refractivity contribution is 0.572. The fourth-order valence-corrected chi connectivity index (χ4v) is 10.7. The highest BCUT2D eigenvalue weighted by Crippen LogP contribution is 2.50. The molecular formula is C51H36N4OS. The third-order valence-corrected chi connectivity index (χ3v) is 13.3. The van der Waals surface area contributed by atoms with E-state index in [1.54, 1.807) is 0 Å². The fraction of sp³-hybridized carbons (Fsp3) is 0.0980. The monoisotopic (exact) mass is 752 g/mol. The van der Waals surface area contributed by atoms with Crippen LogP contribution in [0.15, 0.2) is 184 Å². The number of nitrogens with zero attached hydrogens (tertiary/aromatic N) is 3. The van der Waals surface area contributed by atoms with Gasteiger partial charge in [0.1, 0.15) is 22.8 Å². The summed E-state index contributed by atoms with van der Waals surface area (Å²) in [6.45, 7) is 0. The molecule has 0 fully saturated rings. The molecule has 1 aliphatic carbocycles. The molecule has 2 atom stereocenters. The lowest BCUT2D eigenvalue weighted by atomic mass is 9.86. The summed E-state index contributed by atoms with van der Waals surface area (Å²) in [6.07, 6.45) is 6.66. The van der Waals surface area contributed by atoms with Crippen molar-refractivity contribution in [3.63, 3.8) is 0 Å². The van der Waals surface area contributed by atoms with E-state index in [-0.39, 0.29) is 0 Å². The number of thiophene rings is 1. The SMILES string of the molecule is C1=CC2C(CC1)c1ccccc1N2c1ccc2c(c1)oc1cc(-c3cccc4c3sc3c(C5N=C(c6ccccc6)NC(c6ccccc6)=N5)cccc34)ccc12. The standard InChI is InChI=1S/C51H36N4OS/c1-3-13-31(14-4-1)49-52-50(32-15-5-2-6-16-32)54-51(53-49)42-22-12-21-41-40-20-11-19-35(47(40)57-48(41)42)33-25-27-38-39-28-26-34(30-46(39)56-45(38)29-33)55-43-23-9-7-17-36(43)37-18-8-10-24-44(37)55/h1-7,9-17,19-30,37,44,51H,8,18H2,(H,52,53,54). The van der Waals surface area contributed by atoms with Gasteiger partial charge in [-0.15, -0.1) is 11.3 Å². The normalized spacial score (nSPS) is 17.9. The van der Waals surface area contributed by atoms with Crippen molar-refractivity contribution in [3.05, 3.63) is 192 Å². The van der Waals surface area contributed by atoms with Crippen LogP contribution in [-0.4, -0.2) is 17.7 Å². The van der Waals surface area contributed by atoms with E-state index in [1.165, 1.54) is 49.1 Å².